The molecule has 0 spiro atoms. The monoisotopic (exact) mass is 408 g/mol. The highest BCUT2D eigenvalue weighted by atomic mass is 35.5. The van der Waals surface area contributed by atoms with Gasteiger partial charge >= 0.3 is 0 Å². The summed E-state index contributed by atoms with van der Waals surface area (Å²) in [6.45, 7) is 1.50. The first-order valence-corrected chi connectivity index (χ1v) is 11.0. The van der Waals surface area contributed by atoms with Crippen molar-refractivity contribution in [2.45, 2.75) is 24.2 Å². The molecule has 2 aromatic carbocycles. The molecular formula is C19H21ClN2O4S. The predicted octanol–water partition coefficient (Wildman–Crippen LogP) is 4.11. The lowest BCUT2D eigenvalue weighted by Crippen LogP contribution is -2.28. The molecule has 8 heteroatoms. The molecule has 0 N–H and O–H groups in total. The van der Waals surface area contributed by atoms with Gasteiger partial charge in [0.15, 0.2) is 9.84 Å². The lowest BCUT2D eigenvalue weighted by Gasteiger charge is -2.25. The summed E-state index contributed by atoms with van der Waals surface area (Å²) in [5, 5.41) is 12.1. The van der Waals surface area contributed by atoms with Gasteiger partial charge in [0.2, 0.25) is 0 Å². The molecule has 0 heterocycles. The fraction of sp³-hybridized carbons (Fsp3) is 0.368. The van der Waals surface area contributed by atoms with Crippen LogP contribution >= 0.6 is 11.6 Å². The molecule has 1 fully saturated rings. The van der Waals surface area contributed by atoms with Crippen LogP contribution in [-0.4, -0.2) is 32.7 Å². The summed E-state index contributed by atoms with van der Waals surface area (Å²) in [5.74, 6) is 0.587. The molecule has 0 aromatic heterocycles. The van der Waals surface area contributed by atoms with E-state index in [1.165, 1.54) is 12.1 Å². The number of nitro groups is 1. The Morgan fingerprint density at radius 1 is 1.19 bits per heavy atom. The molecule has 3 rings (SSSR count). The van der Waals surface area contributed by atoms with Crippen molar-refractivity contribution in [3.63, 3.8) is 0 Å². The summed E-state index contributed by atoms with van der Waals surface area (Å²) < 4.78 is 23.7. The van der Waals surface area contributed by atoms with Crippen molar-refractivity contribution >= 4 is 32.8 Å². The summed E-state index contributed by atoms with van der Waals surface area (Å²) in [7, 11) is -3.66. The number of sulfone groups is 1. The standard InChI is InChI=1S/C19H21ClN2O4S/c1-27(25,26)19-9-8-17(12-18(19)22(23)24)21(13-15-2-3-15)11-10-14-4-6-16(20)7-5-14/h4-9,12,15H,2-3,10-11,13H2,1H3. The second-order valence-corrected chi connectivity index (χ2v) is 9.37. The van der Waals surface area contributed by atoms with Crippen LogP contribution in [0.15, 0.2) is 47.4 Å². The molecule has 0 radical (unpaired) electrons. The zero-order chi connectivity index (χ0) is 19.6. The number of anilines is 1. The van der Waals surface area contributed by atoms with Crippen LogP contribution < -0.4 is 4.90 Å². The fourth-order valence-corrected chi connectivity index (χ4v) is 3.97. The highest BCUT2D eigenvalue weighted by Crippen LogP contribution is 2.34. The molecule has 27 heavy (non-hydrogen) atoms. The topological polar surface area (TPSA) is 80.5 Å². The van der Waals surface area contributed by atoms with E-state index in [2.05, 4.69) is 4.90 Å². The molecule has 1 aliphatic carbocycles. The number of hydrogen-bond donors (Lipinski definition) is 0. The maximum absolute atomic E-state index is 11.8. The molecule has 2 aromatic rings. The minimum atomic E-state index is -3.66. The van der Waals surface area contributed by atoms with Crippen LogP contribution in [0, 0.1) is 16.0 Å². The van der Waals surface area contributed by atoms with Crippen molar-refractivity contribution in [1.29, 1.82) is 0 Å². The van der Waals surface area contributed by atoms with E-state index in [4.69, 9.17) is 11.6 Å². The molecule has 0 unspecified atom stereocenters. The van der Waals surface area contributed by atoms with Crippen LogP contribution in [0.4, 0.5) is 11.4 Å². The highest BCUT2D eigenvalue weighted by molar-refractivity contribution is 7.90. The van der Waals surface area contributed by atoms with Crippen LogP contribution in [0.25, 0.3) is 0 Å². The molecule has 1 saturated carbocycles. The molecule has 6 nitrogen and oxygen atoms in total. The van der Waals surface area contributed by atoms with Gasteiger partial charge < -0.3 is 4.90 Å². The van der Waals surface area contributed by atoms with E-state index in [1.54, 1.807) is 6.07 Å². The Morgan fingerprint density at radius 3 is 2.41 bits per heavy atom. The Bertz CT molecular complexity index is 941. The smallest absolute Gasteiger partial charge is 0.290 e. The Hall–Kier alpha value is -2.12. The number of nitro benzene ring substituents is 1. The molecule has 0 saturated heterocycles. The lowest BCUT2D eigenvalue weighted by molar-refractivity contribution is -0.387. The summed E-state index contributed by atoms with van der Waals surface area (Å²) in [4.78, 5) is 12.6. The van der Waals surface area contributed by atoms with Crippen LogP contribution in [-0.2, 0) is 16.3 Å². The van der Waals surface area contributed by atoms with E-state index >= 15 is 0 Å². The first-order chi connectivity index (χ1) is 12.7. The average molecular weight is 409 g/mol. The van der Waals surface area contributed by atoms with Gasteiger partial charge in [-0.15, -0.1) is 0 Å². The van der Waals surface area contributed by atoms with Crippen molar-refractivity contribution in [3.05, 3.63) is 63.2 Å². The summed E-state index contributed by atoms with van der Waals surface area (Å²) in [5.41, 5.74) is 1.43. The number of hydrogen-bond acceptors (Lipinski definition) is 5. The second-order valence-electron chi connectivity index (χ2n) is 6.95. The number of benzene rings is 2. The van der Waals surface area contributed by atoms with Gasteiger partial charge in [-0.2, -0.15) is 0 Å². The third-order valence-corrected chi connectivity index (χ3v) is 6.06. The maximum Gasteiger partial charge on any atom is 0.290 e. The van der Waals surface area contributed by atoms with Crippen molar-refractivity contribution in [1.82, 2.24) is 0 Å². The van der Waals surface area contributed by atoms with Gasteiger partial charge in [-0.25, -0.2) is 8.42 Å². The van der Waals surface area contributed by atoms with E-state index in [9.17, 15) is 18.5 Å². The lowest BCUT2D eigenvalue weighted by atomic mass is 10.1. The van der Waals surface area contributed by atoms with Crippen LogP contribution in [0.2, 0.25) is 5.02 Å². The highest BCUT2D eigenvalue weighted by Gasteiger charge is 2.27. The fourth-order valence-electron chi connectivity index (χ4n) is 3.01. The summed E-state index contributed by atoms with van der Waals surface area (Å²) >= 11 is 5.92. The Labute approximate surface area is 163 Å². The minimum absolute atomic E-state index is 0.250. The summed E-state index contributed by atoms with van der Waals surface area (Å²) in [6, 6.07) is 12.0. The third-order valence-electron chi connectivity index (χ3n) is 4.66. The van der Waals surface area contributed by atoms with E-state index in [0.29, 0.717) is 23.2 Å². The summed E-state index contributed by atoms with van der Waals surface area (Å²) in [6.07, 6.45) is 4.06. The van der Waals surface area contributed by atoms with Crippen LogP contribution in [0.5, 0.6) is 0 Å². The number of rotatable bonds is 8. The first kappa shape index (κ1) is 19.6. The molecule has 0 bridgehead atoms. The van der Waals surface area contributed by atoms with Gasteiger partial charge in [0.05, 0.1) is 4.92 Å². The molecule has 0 amide bonds. The van der Waals surface area contributed by atoms with Gasteiger partial charge in [0.25, 0.3) is 5.69 Å². The first-order valence-electron chi connectivity index (χ1n) is 8.72. The van der Waals surface area contributed by atoms with E-state index in [-0.39, 0.29) is 10.6 Å². The quantitative estimate of drug-likeness (QED) is 0.485. The van der Waals surface area contributed by atoms with Gasteiger partial charge in [0.1, 0.15) is 4.90 Å². The molecule has 0 atom stereocenters. The Morgan fingerprint density at radius 2 is 1.85 bits per heavy atom. The molecule has 0 aliphatic heterocycles. The van der Waals surface area contributed by atoms with Crippen LogP contribution in [0.1, 0.15) is 18.4 Å². The van der Waals surface area contributed by atoms with Crippen molar-refractivity contribution in [2.75, 3.05) is 24.2 Å². The van der Waals surface area contributed by atoms with Crippen molar-refractivity contribution in [3.8, 4) is 0 Å². The largest absolute Gasteiger partial charge is 0.371 e. The molecular weight excluding hydrogens is 388 g/mol. The molecule has 1 aliphatic rings. The average Bonchev–Trinajstić information content (AvgIpc) is 3.42. The minimum Gasteiger partial charge on any atom is -0.371 e. The van der Waals surface area contributed by atoms with Gasteiger partial charge in [-0.05, 0) is 55.0 Å². The predicted molar refractivity (Wildman–Crippen MR) is 106 cm³/mol. The van der Waals surface area contributed by atoms with Crippen molar-refractivity contribution in [2.24, 2.45) is 5.92 Å². The van der Waals surface area contributed by atoms with Gasteiger partial charge in [-0.1, -0.05) is 23.7 Å². The maximum atomic E-state index is 11.8. The third kappa shape index (κ3) is 5.20. The molecule has 144 valence electrons. The second kappa shape index (κ2) is 7.86. The SMILES string of the molecule is CS(=O)(=O)c1ccc(N(CCc2ccc(Cl)cc2)CC2CC2)cc1[N+](=O)[O-]. The van der Waals surface area contributed by atoms with Gasteiger partial charge in [-0.3, -0.25) is 10.1 Å². The van der Waals surface area contributed by atoms with Crippen molar-refractivity contribution < 1.29 is 13.3 Å². The van der Waals surface area contributed by atoms with E-state index in [1.807, 2.05) is 24.3 Å². The number of halogens is 1. The van der Waals surface area contributed by atoms with E-state index in [0.717, 1.165) is 37.6 Å². The van der Waals surface area contributed by atoms with E-state index < -0.39 is 14.8 Å². The Balaban J connectivity index is 1.86. The zero-order valence-electron chi connectivity index (χ0n) is 15.0. The zero-order valence-corrected chi connectivity index (χ0v) is 16.5. The van der Waals surface area contributed by atoms with Crippen LogP contribution in [0.3, 0.4) is 0 Å². The van der Waals surface area contributed by atoms with Gasteiger partial charge in [0, 0.05) is 36.1 Å². The normalized spacial score (nSPS) is 14.1. The number of nitrogens with zero attached hydrogens (tertiary/aromatic N) is 2. The Kier molecular flexibility index (Phi) is 5.72.